The summed E-state index contributed by atoms with van der Waals surface area (Å²) in [5, 5.41) is 11.6. The lowest BCUT2D eigenvalue weighted by molar-refractivity contribution is -0.137. The molecule has 2 aromatic carbocycles. The Bertz CT molecular complexity index is 834. The summed E-state index contributed by atoms with van der Waals surface area (Å²) >= 11 is 0. The molecule has 0 aliphatic rings. The maximum Gasteiger partial charge on any atom is 0.416 e. The lowest BCUT2D eigenvalue weighted by Gasteiger charge is -2.11. The van der Waals surface area contributed by atoms with Gasteiger partial charge in [-0.1, -0.05) is 6.07 Å². The van der Waals surface area contributed by atoms with Gasteiger partial charge in [0.05, 0.1) is 18.2 Å². The molecule has 0 saturated heterocycles. The number of hydrogen-bond acceptors (Lipinski definition) is 4. The van der Waals surface area contributed by atoms with Gasteiger partial charge in [-0.15, -0.1) is 0 Å². The summed E-state index contributed by atoms with van der Waals surface area (Å²) < 4.78 is 47.8. The molecule has 0 spiro atoms. The largest absolute Gasteiger partial charge is 0.496 e. The highest BCUT2D eigenvalue weighted by Gasteiger charge is 2.30. The topological polar surface area (TPSA) is 84.9 Å². The third-order valence-electron chi connectivity index (χ3n) is 3.80. The summed E-state index contributed by atoms with van der Waals surface area (Å²) in [5.74, 6) is -0.969. The fourth-order valence-electron chi connectivity index (χ4n) is 2.36. The van der Waals surface area contributed by atoms with Crippen LogP contribution in [0.3, 0.4) is 0 Å². The lowest BCUT2D eigenvalue weighted by atomic mass is 10.1. The molecule has 0 atom stereocenters. The molecule has 0 unspecified atom stereocenters. The van der Waals surface area contributed by atoms with Crippen molar-refractivity contribution < 1.29 is 37.3 Å². The van der Waals surface area contributed by atoms with E-state index in [2.05, 4.69) is 5.32 Å². The number of nitrogens with one attached hydrogen (secondary N) is 1. The number of aromatic carboxylic acids is 1. The molecule has 28 heavy (non-hydrogen) atoms. The van der Waals surface area contributed by atoms with E-state index >= 15 is 0 Å². The Morgan fingerprint density at radius 1 is 1.11 bits per heavy atom. The fourth-order valence-corrected chi connectivity index (χ4v) is 2.36. The molecule has 9 heteroatoms. The van der Waals surface area contributed by atoms with Gasteiger partial charge in [-0.2, -0.15) is 13.2 Å². The average molecular weight is 397 g/mol. The van der Waals surface area contributed by atoms with Crippen molar-refractivity contribution in [1.82, 2.24) is 5.32 Å². The van der Waals surface area contributed by atoms with E-state index in [-0.39, 0.29) is 24.5 Å². The Kier molecular flexibility index (Phi) is 6.86. The molecular weight excluding hydrogens is 379 g/mol. The third kappa shape index (κ3) is 5.90. The Balaban J connectivity index is 1.81. The van der Waals surface area contributed by atoms with Crippen LogP contribution in [0, 0.1) is 0 Å². The van der Waals surface area contributed by atoms with Gasteiger partial charge < -0.3 is 19.9 Å². The van der Waals surface area contributed by atoms with E-state index in [0.717, 1.165) is 29.8 Å². The number of ether oxygens (including phenoxy) is 2. The molecule has 0 aliphatic heterocycles. The molecule has 2 aromatic rings. The van der Waals surface area contributed by atoms with Crippen LogP contribution in [0.5, 0.6) is 11.5 Å². The van der Waals surface area contributed by atoms with Gasteiger partial charge in [-0.05, 0) is 48.4 Å². The summed E-state index contributed by atoms with van der Waals surface area (Å²) in [6, 6.07) is 8.48. The highest BCUT2D eigenvalue weighted by molar-refractivity contribution is 5.88. The second-order valence-corrected chi connectivity index (χ2v) is 5.74. The first-order valence-corrected chi connectivity index (χ1v) is 8.17. The molecule has 2 N–H and O–H groups in total. The second kappa shape index (κ2) is 9.12. The van der Waals surface area contributed by atoms with Crippen LogP contribution in [-0.4, -0.2) is 37.2 Å². The minimum Gasteiger partial charge on any atom is -0.496 e. The van der Waals surface area contributed by atoms with Crippen LogP contribution in [0.1, 0.15) is 21.5 Å². The van der Waals surface area contributed by atoms with Crippen LogP contribution >= 0.6 is 0 Å². The van der Waals surface area contributed by atoms with Crippen molar-refractivity contribution in [2.45, 2.75) is 12.6 Å². The number of rotatable bonds is 8. The molecule has 0 heterocycles. The van der Waals surface area contributed by atoms with Gasteiger partial charge in [0.2, 0.25) is 0 Å². The second-order valence-electron chi connectivity index (χ2n) is 5.74. The number of hydrogen-bond donors (Lipinski definition) is 2. The SMILES string of the molecule is COc1cc(C(=O)O)ccc1CCNC(=O)COc1ccc(C(F)(F)F)cc1. The van der Waals surface area contributed by atoms with Gasteiger partial charge in [0.25, 0.3) is 5.91 Å². The highest BCUT2D eigenvalue weighted by atomic mass is 19.4. The first kappa shape index (κ1) is 21.1. The summed E-state index contributed by atoms with van der Waals surface area (Å²) in [4.78, 5) is 22.8. The molecule has 150 valence electrons. The molecule has 0 fully saturated rings. The van der Waals surface area contributed by atoms with Crippen molar-refractivity contribution in [2.24, 2.45) is 0 Å². The Hall–Kier alpha value is -3.23. The van der Waals surface area contributed by atoms with Crippen molar-refractivity contribution in [2.75, 3.05) is 20.3 Å². The zero-order chi connectivity index (χ0) is 20.7. The maximum atomic E-state index is 12.5. The van der Waals surface area contributed by atoms with Gasteiger partial charge in [0.15, 0.2) is 6.61 Å². The van der Waals surface area contributed by atoms with E-state index in [9.17, 15) is 22.8 Å². The van der Waals surface area contributed by atoms with E-state index < -0.39 is 23.6 Å². The normalized spacial score (nSPS) is 11.0. The number of halogens is 3. The summed E-state index contributed by atoms with van der Waals surface area (Å²) in [6.45, 7) is -0.0988. The minimum atomic E-state index is -4.43. The van der Waals surface area contributed by atoms with Crippen LogP contribution in [0.4, 0.5) is 13.2 Å². The number of methoxy groups -OCH3 is 1. The summed E-state index contributed by atoms with van der Waals surface area (Å²) in [5.41, 5.74) is 0.0122. The predicted octanol–water partition coefficient (Wildman–Crippen LogP) is 3.15. The van der Waals surface area contributed by atoms with Crippen molar-refractivity contribution in [3.05, 3.63) is 59.2 Å². The van der Waals surface area contributed by atoms with Crippen molar-refractivity contribution >= 4 is 11.9 Å². The van der Waals surface area contributed by atoms with Gasteiger partial charge in [0, 0.05) is 6.54 Å². The smallest absolute Gasteiger partial charge is 0.416 e. The van der Waals surface area contributed by atoms with Crippen molar-refractivity contribution in [3.8, 4) is 11.5 Å². The van der Waals surface area contributed by atoms with Crippen molar-refractivity contribution in [3.63, 3.8) is 0 Å². The summed E-state index contributed by atoms with van der Waals surface area (Å²) in [6.07, 6.45) is -4.03. The highest BCUT2D eigenvalue weighted by Crippen LogP contribution is 2.30. The number of benzene rings is 2. The quantitative estimate of drug-likeness (QED) is 0.715. The van der Waals surface area contributed by atoms with Crippen LogP contribution in [-0.2, 0) is 17.4 Å². The number of carbonyl (C=O) groups is 2. The van der Waals surface area contributed by atoms with Gasteiger partial charge in [0.1, 0.15) is 11.5 Å². The van der Waals surface area contributed by atoms with E-state index in [1.807, 2.05) is 0 Å². The molecule has 0 bridgehead atoms. The number of carboxylic acids is 1. The van der Waals surface area contributed by atoms with Crippen LogP contribution in [0.25, 0.3) is 0 Å². The zero-order valence-electron chi connectivity index (χ0n) is 14.9. The molecule has 0 aliphatic carbocycles. The fraction of sp³-hybridized carbons (Fsp3) is 0.263. The van der Waals surface area contributed by atoms with E-state index in [1.54, 1.807) is 6.07 Å². The van der Waals surface area contributed by atoms with Crippen LogP contribution in [0.15, 0.2) is 42.5 Å². The van der Waals surface area contributed by atoms with E-state index in [0.29, 0.717) is 12.2 Å². The zero-order valence-corrected chi connectivity index (χ0v) is 14.9. The molecular formula is C19H18F3NO5. The van der Waals surface area contributed by atoms with Crippen LogP contribution < -0.4 is 14.8 Å². The van der Waals surface area contributed by atoms with E-state index in [1.165, 1.54) is 19.2 Å². The van der Waals surface area contributed by atoms with E-state index in [4.69, 9.17) is 14.6 Å². The molecule has 0 aromatic heterocycles. The molecule has 6 nitrogen and oxygen atoms in total. The summed E-state index contributed by atoms with van der Waals surface area (Å²) in [7, 11) is 1.42. The predicted molar refractivity (Wildman–Crippen MR) is 93.6 cm³/mol. The third-order valence-corrected chi connectivity index (χ3v) is 3.80. The first-order chi connectivity index (χ1) is 13.2. The minimum absolute atomic E-state index is 0.0922. The Morgan fingerprint density at radius 3 is 2.36 bits per heavy atom. The van der Waals surface area contributed by atoms with Gasteiger partial charge in [-0.25, -0.2) is 4.79 Å². The van der Waals surface area contributed by atoms with Gasteiger partial charge in [-0.3, -0.25) is 4.79 Å². The standard InChI is InChI=1S/C19H18F3NO5/c1-27-16-10-13(18(25)26)3-2-12(16)8-9-23-17(24)11-28-15-6-4-14(5-7-15)19(20,21)22/h2-7,10H,8-9,11H2,1H3,(H,23,24)(H,25,26). The van der Waals surface area contributed by atoms with Crippen LogP contribution in [0.2, 0.25) is 0 Å². The maximum absolute atomic E-state index is 12.5. The molecule has 2 rings (SSSR count). The average Bonchev–Trinajstić information content (AvgIpc) is 2.66. The number of carbonyl (C=O) groups excluding carboxylic acids is 1. The monoisotopic (exact) mass is 397 g/mol. The molecule has 1 amide bonds. The van der Waals surface area contributed by atoms with Gasteiger partial charge >= 0.3 is 12.1 Å². The van der Waals surface area contributed by atoms with Crippen molar-refractivity contribution in [1.29, 1.82) is 0 Å². The number of alkyl halides is 3. The first-order valence-electron chi connectivity index (χ1n) is 8.17. The lowest BCUT2D eigenvalue weighted by Crippen LogP contribution is -2.30. The number of carboxylic acid groups (broad SMARTS) is 1. The molecule has 0 saturated carbocycles. The Labute approximate surface area is 158 Å². The number of amides is 1. The molecule has 0 radical (unpaired) electrons. The Morgan fingerprint density at radius 2 is 1.79 bits per heavy atom.